The zero-order chi connectivity index (χ0) is 18.7. The highest BCUT2D eigenvalue weighted by Gasteiger charge is 2.12. The largest absolute Gasteiger partial charge is 0.496 e. The topological polar surface area (TPSA) is 84.1 Å². The van der Waals surface area contributed by atoms with Gasteiger partial charge in [-0.15, -0.1) is 0 Å². The zero-order valence-electron chi connectivity index (χ0n) is 15.1. The highest BCUT2D eigenvalue weighted by atomic mass is 16.5. The summed E-state index contributed by atoms with van der Waals surface area (Å²) in [6.45, 7) is 4.12. The molecule has 3 rings (SSSR count). The van der Waals surface area contributed by atoms with Crippen molar-refractivity contribution in [2.24, 2.45) is 0 Å². The van der Waals surface area contributed by atoms with E-state index in [1.165, 1.54) is 0 Å². The van der Waals surface area contributed by atoms with Crippen LogP contribution in [0.1, 0.15) is 22.4 Å². The van der Waals surface area contributed by atoms with E-state index in [0.717, 1.165) is 33.5 Å². The van der Waals surface area contributed by atoms with E-state index in [1.807, 2.05) is 38.1 Å². The van der Waals surface area contributed by atoms with Crippen LogP contribution < -0.4 is 15.6 Å². The number of pyridine rings is 2. The number of H-pyrrole nitrogens is 1. The normalized spacial score (nSPS) is 10.7. The first kappa shape index (κ1) is 17.7. The first-order valence-electron chi connectivity index (χ1n) is 8.36. The lowest BCUT2D eigenvalue weighted by Crippen LogP contribution is -2.28. The number of aromatic nitrogens is 2. The van der Waals surface area contributed by atoms with E-state index in [-0.39, 0.29) is 24.4 Å². The fraction of sp³-hybridized carbons (Fsp3) is 0.250. The Morgan fingerprint density at radius 1 is 1.27 bits per heavy atom. The highest BCUT2D eigenvalue weighted by Crippen LogP contribution is 2.23. The molecule has 0 radical (unpaired) electrons. The van der Waals surface area contributed by atoms with Crippen LogP contribution in [0.5, 0.6) is 5.75 Å². The van der Waals surface area contributed by atoms with Gasteiger partial charge in [0.15, 0.2) is 0 Å². The average molecular weight is 351 g/mol. The van der Waals surface area contributed by atoms with Gasteiger partial charge in [0, 0.05) is 28.4 Å². The molecule has 1 amide bonds. The fourth-order valence-electron chi connectivity index (χ4n) is 2.99. The number of carbonyl (C=O) groups excluding carboxylic acids is 1. The smallest absolute Gasteiger partial charge is 0.252 e. The summed E-state index contributed by atoms with van der Waals surface area (Å²) in [5.41, 5.74) is 3.54. The van der Waals surface area contributed by atoms with Crippen molar-refractivity contribution in [2.45, 2.75) is 26.8 Å². The first-order valence-corrected chi connectivity index (χ1v) is 8.36. The fourth-order valence-corrected chi connectivity index (χ4v) is 2.99. The van der Waals surface area contributed by atoms with E-state index >= 15 is 0 Å². The van der Waals surface area contributed by atoms with Crippen LogP contribution in [0, 0.1) is 13.8 Å². The Bertz CT molecular complexity index is 1020. The van der Waals surface area contributed by atoms with Gasteiger partial charge < -0.3 is 15.0 Å². The van der Waals surface area contributed by atoms with Gasteiger partial charge in [-0.3, -0.25) is 14.6 Å². The molecule has 6 heteroatoms. The van der Waals surface area contributed by atoms with E-state index in [2.05, 4.69) is 15.3 Å². The van der Waals surface area contributed by atoms with E-state index in [9.17, 15) is 9.59 Å². The van der Waals surface area contributed by atoms with Crippen molar-refractivity contribution in [3.8, 4) is 5.75 Å². The summed E-state index contributed by atoms with van der Waals surface area (Å²) in [6, 6.07) is 9.24. The Morgan fingerprint density at radius 2 is 2.04 bits per heavy atom. The first-order chi connectivity index (χ1) is 12.5. The Kier molecular flexibility index (Phi) is 5.02. The van der Waals surface area contributed by atoms with Crippen molar-refractivity contribution in [3.63, 3.8) is 0 Å². The third-order valence-corrected chi connectivity index (χ3v) is 4.38. The Morgan fingerprint density at radius 3 is 2.81 bits per heavy atom. The molecule has 1 aromatic carbocycles. The summed E-state index contributed by atoms with van der Waals surface area (Å²) in [4.78, 5) is 31.6. The molecule has 2 heterocycles. The van der Waals surface area contributed by atoms with Crippen molar-refractivity contribution in [1.29, 1.82) is 0 Å². The number of nitrogens with zero attached hydrogens (tertiary/aromatic N) is 1. The van der Waals surface area contributed by atoms with E-state index in [0.29, 0.717) is 5.56 Å². The minimum atomic E-state index is -0.245. The summed E-state index contributed by atoms with van der Waals surface area (Å²) in [5.74, 6) is 0.543. The quantitative estimate of drug-likeness (QED) is 0.739. The predicted molar refractivity (Wildman–Crippen MR) is 100 cm³/mol. The minimum absolute atomic E-state index is 0.0161. The zero-order valence-corrected chi connectivity index (χ0v) is 15.1. The second kappa shape index (κ2) is 7.39. The number of ether oxygens (including phenoxy) is 1. The highest BCUT2D eigenvalue weighted by molar-refractivity contribution is 5.82. The molecule has 3 aromatic rings. The molecule has 0 unspecified atom stereocenters. The Labute approximate surface area is 151 Å². The van der Waals surface area contributed by atoms with Crippen LogP contribution in [0.2, 0.25) is 0 Å². The summed E-state index contributed by atoms with van der Waals surface area (Å²) in [6.07, 6.45) is 1.74. The molecule has 0 aliphatic rings. The summed E-state index contributed by atoms with van der Waals surface area (Å²) < 4.78 is 5.38. The number of rotatable bonds is 5. The number of methoxy groups -OCH3 is 1. The molecule has 0 aliphatic heterocycles. The lowest BCUT2D eigenvalue weighted by Gasteiger charge is -2.12. The molecule has 0 saturated carbocycles. The van der Waals surface area contributed by atoms with Crippen LogP contribution >= 0.6 is 0 Å². The van der Waals surface area contributed by atoms with Gasteiger partial charge in [-0.1, -0.05) is 18.2 Å². The molecule has 0 spiro atoms. The van der Waals surface area contributed by atoms with E-state index in [1.54, 1.807) is 19.4 Å². The van der Waals surface area contributed by atoms with Crippen molar-refractivity contribution in [3.05, 3.63) is 69.3 Å². The molecule has 0 fully saturated rings. The van der Waals surface area contributed by atoms with Crippen molar-refractivity contribution in [1.82, 2.24) is 15.3 Å². The number of aryl methyl sites for hydroxylation is 1. The van der Waals surface area contributed by atoms with Gasteiger partial charge in [0.1, 0.15) is 5.75 Å². The van der Waals surface area contributed by atoms with Crippen LogP contribution in [0.25, 0.3) is 10.9 Å². The minimum Gasteiger partial charge on any atom is -0.496 e. The maximum absolute atomic E-state index is 12.3. The molecule has 0 bridgehead atoms. The van der Waals surface area contributed by atoms with E-state index < -0.39 is 0 Å². The number of aromatic amines is 1. The lowest BCUT2D eigenvalue weighted by molar-refractivity contribution is -0.120. The number of para-hydroxylation sites is 1. The third-order valence-electron chi connectivity index (χ3n) is 4.38. The van der Waals surface area contributed by atoms with Crippen LogP contribution in [-0.4, -0.2) is 23.0 Å². The van der Waals surface area contributed by atoms with Crippen molar-refractivity contribution >= 4 is 16.8 Å². The van der Waals surface area contributed by atoms with Crippen LogP contribution in [0.4, 0.5) is 0 Å². The van der Waals surface area contributed by atoms with Crippen LogP contribution in [0.3, 0.4) is 0 Å². The van der Waals surface area contributed by atoms with Gasteiger partial charge in [0.25, 0.3) is 5.56 Å². The number of nitrogens with one attached hydrogen (secondary N) is 2. The van der Waals surface area contributed by atoms with Crippen molar-refractivity contribution < 1.29 is 9.53 Å². The van der Waals surface area contributed by atoms with Crippen LogP contribution in [0.15, 0.2) is 41.3 Å². The SMILES string of the molecule is COc1c(C)cnc(CNC(=O)Cc2cc3ccccc3[nH]c2=O)c1C. The van der Waals surface area contributed by atoms with Gasteiger partial charge in [0.05, 0.1) is 25.8 Å². The average Bonchev–Trinajstić information content (AvgIpc) is 2.62. The number of hydrogen-bond acceptors (Lipinski definition) is 4. The van der Waals surface area contributed by atoms with Gasteiger partial charge in [-0.2, -0.15) is 0 Å². The maximum Gasteiger partial charge on any atom is 0.252 e. The number of benzene rings is 1. The second-order valence-electron chi connectivity index (χ2n) is 6.21. The van der Waals surface area contributed by atoms with Gasteiger partial charge in [-0.25, -0.2) is 0 Å². The summed E-state index contributed by atoms with van der Waals surface area (Å²) in [5, 5.41) is 3.72. The lowest BCUT2D eigenvalue weighted by atomic mass is 10.1. The van der Waals surface area contributed by atoms with Gasteiger partial charge >= 0.3 is 0 Å². The Balaban J connectivity index is 1.72. The monoisotopic (exact) mass is 351 g/mol. The molecular weight excluding hydrogens is 330 g/mol. The molecular formula is C20H21N3O3. The third kappa shape index (κ3) is 3.59. The standard InChI is InChI=1S/C20H21N3O3/c1-12-10-21-17(13(2)19(12)26-3)11-22-18(24)9-15-8-14-6-4-5-7-16(14)23-20(15)25/h4-8,10H,9,11H2,1-3H3,(H,22,24)(H,23,25). The van der Waals surface area contributed by atoms with Crippen molar-refractivity contribution in [2.75, 3.05) is 7.11 Å². The number of amides is 1. The molecule has 6 nitrogen and oxygen atoms in total. The molecule has 0 saturated heterocycles. The number of hydrogen-bond donors (Lipinski definition) is 2. The molecule has 2 aromatic heterocycles. The summed E-state index contributed by atoms with van der Waals surface area (Å²) >= 11 is 0. The summed E-state index contributed by atoms with van der Waals surface area (Å²) in [7, 11) is 1.61. The molecule has 26 heavy (non-hydrogen) atoms. The van der Waals surface area contributed by atoms with Gasteiger partial charge in [-0.05, 0) is 31.4 Å². The van der Waals surface area contributed by atoms with Crippen LogP contribution in [-0.2, 0) is 17.8 Å². The predicted octanol–water partition coefficient (Wildman–Crippen LogP) is 2.41. The van der Waals surface area contributed by atoms with Gasteiger partial charge in [0.2, 0.25) is 5.91 Å². The molecule has 2 N–H and O–H groups in total. The molecule has 134 valence electrons. The molecule has 0 atom stereocenters. The molecule has 0 aliphatic carbocycles. The number of fused-ring (bicyclic) bond motifs is 1. The second-order valence-corrected chi connectivity index (χ2v) is 6.21. The Hall–Kier alpha value is -3.15. The number of carbonyl (C=O) groups is 1. The maximum atomic E-state index is 12.3. The van der Waals surface area contributed by atoms with E-state index in [4.69, 9.17) is 4.74 Å².